The molecular formula is C135H84N6O6. The van der Waals surface area contributed by atoms with E-state index in [1.54, 1.807) is 0 Å². The van der Waals surface area contributed by atoms with Gasteiger partial charge in [0.1, 0.15) is 44.5 Å². The van der Waals surface area contributed by atoms with Crippen LogP contribution in [0.15, 0.2) is 536 Å². The van der Waals surface area contributed by atoms with E-state index < -0.39 is 0 Å². The van der Waals surface area contributed by atoms with Gasteiger partial charge in [-0.05, 0) is 258 Å². The van der Waals surface area contributed by atoms with Gasteiger partial charge in [0.25, 0.3) is 0 Å². The lowest BCUT2D eigenvalue weighted by Gasteiger charge is -2.28. The Bertz CT molecular complexity index is 10300. The van der Waals surface area contributed by atoms with Gasteiger partial charge in [0, 0.05) is 106 Å². The van der Waals surface area contributed by atoms with Crippen LogP contribution in [0.2, 0.25) is 0 Å². The molecule has 0 amide bonds. The zero-order chi connectivity index (χ0) is 96.9. The molecule has 0 spiro atoms. The van der Waals surface area contributed by atoms with Crippen molar-refractivity contribution in [3.63, 3.8) is 0 Å². The molecule has 0 aliphatic heterocycles. The first-order chi connectivity index (χ1) is 72.8. The van der Waals surface area contributed by atoms with E-state index in [1.165, 1.54) is 0 Å². The summed E-state index contributed by atoms with van der Waals surface area (Å²) in [6.45, 7) is 0. The zero-order valence-electron chi connectivity index (χ0n) is 79.1. The second-order valence-electron chi connectivity index (χ2n) is 37.1. The minimum absolute atomic E-state index is 0.619. The van der Waals surface area contributed by atoms with Crippen LogP contribution in [-0.4, -0.2) is 15.0 Å². The molecule has 147 heavy (non-hydrogen) atoms. The van der Waals surface area contributed by atoms with Crippen LogP contribution >= 0.6 is 0 Å². The van der Waals surface area contributed by atoms with Crippen LogP contribution in [0.3, 0.4) is 0 Å². The molecule has 12 heteroatoms. The van der Waals surface area contributed by atoms with Gasteiger partial charge in [-0.25, -0.2) is 15.0 Å². The van der Waals surface area contributed by atoms with Crippen LogP contribution in [0.1, 0.15) is 0 Å². The molecule has 0 unspecified atom stereocenters. The Morgan fingerprint density at radius 3 is 0.986 bits per heavy atom. The lowest BCUT2D eigenvalue weighted by molar-refractivity contribution is 0.623. The van der Waals surface area contributed by atoms with E-state index in [9.17, 15) is 0 Å². The standard InChI is InChI=1S/3C45H28N2O2/c1-3-11-29(12-4-1)35-15-7-9-17-40(35)47(34-24-25-37-36-16-8-10-18-41(36)48-42(37)28-34)33-23-21-30-19-20-31-22-26-39-44(43(31)38(30)27-33)49-45(46-39)32-13-5-2-6-14-32;1-3-10-32(11-4-1)45-46-39-27-24-31-20-18-30-19-21-33(28-38(30)42(31)44(39)49-45)29-22-25-35(26-23-29)47(34-12-5-2-6-13-34)40-16-9-15-37-36-14-7-8-17-41(36)48-43(37)40;1-3-10-32(11-4-1)45-46-38-27-24-31-20-18-30-19-21-33(28-37(30)42(31)44(38)49-45)29-22-25-35(26-23-29)47(34-12-5-2-6-13-34)39-15-9-17-41-43(39)36-14-7-8-16-40(36)48-41/h3*1-28H. The number of hydrogen-bond acceptors (Lipinski definition) is 12. The molecule has 24 aromatic carbocycles. The fourth-order valence-corrected chi connectivity index (χ4v) is 21.4. The van der Waals surface area contributed by atoms with Crippen molar-refractivity contribution in [3.05, 3.63) is 510 Å². The van der Waals surface area contributed by atoms with Gasteiger partial charge in [-0.1, -0.05) is 322 Å². The van der Waals surface area contributed by atoms with Gasteiger partial charge in [-0.15, -0.1) is 0 Å². The molecule has 0 N–H and O–H groups in total. The van der Waals surface area contributed by atoms with Crippen LogP contribution in [0, 0.1) is 0 Å². The summed E-state index contributed by atoms with van der Waals surface area (Å²) >= 11 is 0. The average molecular weight is 1890 g/mol. The van der Waals surface area contributed by atoms with E-state index in [2.05, 4.69) is 367 Å². The van der Waals surface area contributed by atoms with Gasteiger partial charge in [-0.2, -0.15) is 0 Å². The smallest absolute Gasteiger partial charge is 0.227 e. The molecule has 0 atom stereocenters. The van der Waals surface area contributed by atoms with Gasteiger partial charge < -0.3 is 41.2 Å². The lowest BCUT2D eigenvalue weighted by atomic mass is 9.96. The lowest BCUT2D eigenvalue weighted by Crippen LogP contribution is -2.11. The van der Waals surface area contributed by atoms with Crippen molar-refractivity contribution in [1.29, 1.82) is 0 Å². The Morgan fingerprint density at radius 2 is 0.469 bits per heavy atom. The highest BCUT2D eigenvalue weighted by Crippen LogP contribution is 2.51. The Hall–Kier alpha value is -20.0. The van der Waals surface area contributed by atoms with E-state index in [1.807, 2.05) is 158 Å². The minimum Gasteiger partial charge on any atom is -0.456 e. The number of nitrogens with zero attached hydrogens (tertiary/aromatic N) is 6. The largest absolute Gasteiger partial charge is 0.456 e. The van der Waals surface area contributed by atoms with Crippen molar-refractivity contribution in [1.82, 2.24) is 15.0 Å². The molecule has 0 aliphatic rings. The second-order valence-corrected chi connectivity index (χ2v) is 37.1. The molecule has 0 bridgehead atoms. The van der Waals surface area contributed by atoms with Gasteiger partial charge in [-0.3, -0.25) is 0 Å². The molecule has 0 fully saturated rings. The fraction of sp³-hybridized carbons (Fsp3) is 0. The number of hydrogen-bond donors (Lipinski definition) is 0. The maximum atomic E-state index is 6.56. The predicted octanol–water partition coefficient (Wildman–Crippen LogP) is 38.5. The van der Waals surface area contributed by atoms with Crippen molar-refractivity contribution in [3.8, 4) is 67.7 Å². The Kier molecular flexibility index (Phi) is 20.6. The normalized spacial score (nSPS) is 11.7. The Morgan fingerprint density at radius 1 is 0.150 bits per heavy atom. The van der Waals surface area contributed by atoms with Crippen LogP contribution in [0.25, 0.3) is 231 Å². The second kappa shape index (κ2) is 35.7. The molecule has 0 radical (unpaired) electrons. The SMILES string of the molecule is c1ccc(-c2nc3ccc4ccc5ccc(-c6ccc(N(c7ccccc7)c7cccc8c7oc7ccccc78)cc6)cc5c4c3o2)cc1.c1ccc(-c2nc3ccc4ccc5ccc(-c6ccc(N(c7ccccc7)c7cccc8oc9ccccc9c78)cc6)cc5c4c3o2)cc1.c1ccc(-c2nc3ccc4ccc5ccc(N(c6ccc7c(c6)oc6ccccc67)c6ccccc6-c6ccccc6)cc5c4c3o2)cc1. The zero-order valence-corrected chi connectivity index (χ0v) is 79.1. The number of furan rings is 3. The van der Waals surface area contributed by atoms with Crippen molar-refractivity contribution >= 4 is 215 Å². The quantitative estimate of drug-likeness (QED) is 0.0907. The maximum absolute atomic E-state index is 6.56. The summed E-state index contributed by atoms with van der Waals surface area (Å²) in [6.07, 6.45) is 0. The molecule has 12 nitrogen and oxygen atoms in total. The molecule has 0 aliphatic carbocycles. The molecular weight excluding hydrogens is 1800 g/mol. The first-order valence-electron chi connectivity index (χ1n) is 49.4. The minimum atomic E-state index is 0.619. The topological polar surface area (TPSA) is 127 Å². The summed E-state index contributed by atoms with van der Waals surface area (Å²) < 4.78 is 38.7. The molecule has 30 rings (SSSR count). The molecule has 0 saturated carbocycles. The number of rotatable bonds is 15. The average Bonchev–Trinajstić information content (AvgIpc) is 1.71. The van der Waals surface area contributed by atoms with Gasteiger partial charge >= 0.3 is 0 Å². The van der Waals surface area contributed by atoms with E-state index in [0.717, 1.165) is 265 Å². The third-order valence-corrected chi connectivity index (χ3v) is 28.4. The summed E-state index contributed by atoms with van der Waals surface area (Å²) in [4.78, 5) is 21.5. The number of fused-ring (bicyclic) bond motifs is 24. The summed E-state index contributed by atoms with van der Waals surface area (Å²) in [5.41, 5.74) is 29.4. The summed E-state index contributed by atoms with van der Waals surface area (Å²) in [5.74, 6) is 1.89. The number of para-hydroxylation sites is 7. The number of anilines is 9. The number of aromatic nitrogens is 3. The van der Waals surface area contributed by atoms with E-state index in [0.29, 0.717) is 17.7 Å². The van der Waals surface area contributed by atoms with Crippen LogP contribution in [-0.2, 0) is 0 Å². The van der Waals surface area contributed by atoms with Crippen molar-refractivity contribution in [2.75, 3.05) is 14.7 Å². The molecule has 6 heterocycles. The summed E-state index contributed by atoms with van der Waals surface area (Å²) in [7, 11) is 0. The first kappa shape index (κ1) is 85.1. The summed E-state index contributed by atoms with van der Waals surface area (Å²) in [5, 5.41) is 20.0. The van der Waals surface area contributed by atoms with Gasteiger partial charge in [0.2, 0.25) is 17.7 Å². The van der Waals surface area contributed by atoms with Crippen molar-refractivity contribution < 1.29 is 26.5 Å². The third-order valence-electron chi connectivity index (χ3n) is 28.4. The Labute approximate surface area is 842 Å². The highest BCUT2D eigenvalue weighted by Gasteiger charge is 2.27. The molecule has 6 aromatic heterocycles. The maximum Gasteiger partial charge on any atom is 0.227 e. The van der Waals surface area contributed by atoms with Gasteiger partial charge in [0.05, 0.1) is 22.4 Å². The first-order valence-corrected chi connectivity index (χ1v) is 49.4. The van der Waals surface area contributed by atoms with Crippen LogP contribution in [0.5, 0.6) is 0 Å². The predicted molar refractivity (Wildman–Crippen MR) is 606 cm³/mol. The monoisotopic (exact) mass is 1880 g/mol. The van der Waals surface area contributed by atoms with E-state index >= 15 is 0 Å². The third kappa shape index (κ3) is 15.1. The van der Waals surface area contributed by atoms with E-state index in [-0.39, 0.29) is 0 Å². The van der Waals surface area contributed by atoms with Crippen LogP contribution in [0.4, 0.5) is 51.2 Å². The van der Waals surface area contributed by atoms with E-state index in [4.69, 9.17) is 41.5 Å². The Balaban J connectivity index is 0.000000107. The molecule has 690 valence electrons. The highest BCUT2D eigenvalue weighted by molar-refractivity contribution is 6.23. The molecule has 30 aromatic rings. The number of oxazole rings is 3. The highest BCUT2D eigenvalue weighted by atomic mass is 16.4. The fourth-order valence-electron chi connectivity index (χ4n) is 21.4. The molecule has 0 saturated heterocycles. The number of benzene rings is 24. The van der Waals surface area contributed by atoms with Gasteiger partial charge in [0.15, 0.2) is 22.3 Å². The van der Waals surface area contributed by atoms with Crippen molar-refractivity contribution in [2.45, 2.75) is 0 Å². The van der Waals surface area contributed by atoms with Crippen LogP contribution < -0.4 is 14.7 Å². The van der Waals surface area contributed by atoms with Crippen molar-refractivity contribution in [2.24, 2.45) is 0 Å². The summed E-state index contributed by atoms with van der Waals surface area (Å²) in [6, 6.07) is 178.